The van der Waals surface area contributed by atoms with Gasteiger partial charge in [-0.2, -0.15) is 4.98 Å². The van der Waals surface area contributed by atoms with Gasteiger partial charge in [-0.05, 0) is 24.3 Å². The molecule has 0 saturated heterocycles. The minimum atomic E-state index is 0.565. The molecule has 3 aromatic rings. The largest absolute Gasteiger partial charge is 0.497 e. The Kier molecular flexibility index (Phi) is 3.78. The van der Waals surface area contributed by atoms with E-state index in [1.165, 1.54) is 0 Å². The van der Waals surface area contributed by atoms with Crippen LogP contribution in [0.4, 0.5) is 17.5 Å². The summed E-state index contributed by atoms with van der Waals surface area (Å²) >= 11 is 0. The maximum Gasteiger partial charge on any atom is 0.229 e. The third-order valence-electron chi connectivity index (χ3n) is 3.33. The molecular weight excluding hydrogens is 276 g/mol. The lowest BCUT2D eigenvalue weighted by Gasteiger charge is -2.16. The standard InChI is InChI=1S/C17H18N4O/c1-21(2)16-14-9-4-5-10-15(14)19-17(20-16)18-12-7-6-8-13(11-12)22-3/h4-11H,1-3H3,(H,18,19,20). The SMILES string of the molecule is COc1cccc(Nc2nc(N(C)C)c3ccccc3n2)c1. The van der Waals surface area contributed by atoms with Crippen LogP contribution in [-0.2, 0) is 0 Å². The van der Waals surface area contributed by atoms with Gasteiger partial charge in [0.2, 0.25) is 5.95 Å². The van der Waals surface area contributed by atoms with Crippen molar-refractivity contribution >= 4 is 28.4 Å². The Balaban J connectivity index is 2.03. The van der Waals surface area contributed by atoms with Gasteiger partial charge in [-0.1, -0.05) is 18.2 Å². The van der Waals surface area contributed by atoms with E-state index in [2.05, 4.69) is 15.3 Å². The van der Waals surface area contributed by atoms with Crippen LogP contribution in [0.2, 0.25) is 0 Å². The van der Waals surface area contributed by atoms with Gasteiger partial charge in [0.15, 0.2) is 0 Å². The van der Waals surface area contributed by atoms with Crippen molar-refractivity contribution in [1.82, 2.24) is 9.97 Å². The van der Waals surface area contributed by atoms with Crippen LogP contribution in [0.3, 0.4) is 0 Å². The summed E-state index contributed by atoms with van der Waals surface area (Å²) in [4.78, 5) is 11.2. The number of rotatable bonds is 4. The maximum absolute atomic E-state index is 5.24. The zero-order valence-electron chi connectivity index (χ0n) is 12.9. The first kappa shape index (κ1) is 14.1. The Labute approximate surface area is 129 Å². The van der Waals surface area contributed by atoms with E-state index in [9.17, 15) is 0 Å². The third kappa shape index (κ3) is 2.79. The maximum atomic E-state index is 5.24. The first-order valence-electron chi connectivity index (χ1n) is 7.02. The molecule has 1 aromatic heterocycles. The summed E-state index contributed by atoms with van der Waals surface area (Å²) in [6, 6.07) is 15.7. The van der Waals surface area contributed by atoms with Gasteiger partial charge in [-0.3, -0.25) is 0 Å². The lowest BCUT2D eigenvalue weighted by molar-refractivity contribution is 0.415. The highest BCUT2D eigenvalue weighted by molar-refractivity contribution is 5.90. The molecular formula is C17H18N4O. The summed E-state index contributed by atoms with van der Waals surface area (Å²) in [5.41, 5.74) is 1.80. The van der Waals surface area contributed by atoms with Crippen LogP contribution in [-0.4, -0.2) is 31.2 Å². The van der Waals surface area contributed by atoms with Crippen molar-refractivity contribution < 1.29 is 4.74 Å². The molecule has 0 saturated carbocycles. The minimum absolute atomic E-state index is 0.565. The van der Waals surface area contributed by atoms with Crippen molar-refractivity contribution in [2.45, 2.75) is 0 Å². The molecule has 0 unspecified atom stereocenters. The molecule has 0 bridgehead atoms. The topological polar surface area (TPSA) is 50.3 Å². The number of hydrogen-bond acceptors (Lipinski definition) is 5. The van der Waals surface area contributed by atoms with Crippen molar-refractivity contribution in [1.29, 1.82) is 0 Å². The summed E-state index contributed by atoms with van der Waals surface area (Å²) in [6.45, 7) is 0. The van der Waals surface area contributed by atoms with Crippen molar-refractivity contribution in [3.63, 3.8) is 0 Å². The summed E-state index contributed by atoms with van der Waals surface area (Å²) in [7, 11) is 5.60. The highest BCUT2D eigenvalue weighted by atomic mass is 16.5. The lowest BCUT2D eigenvalue weighted by Crippen LogP contribution is -2.13. The number of methoxy groups -OCH3 is 1. The Hall–Kier alpha value is -2.82. The fourth-order valence-electron chi connectivity index (χ4n) is 2.29. The second kappa shape index (κ2) is 5.89. The molecule has 5 nitrogen and oxygen atoms in total. The molecule has 0 spiro atoms. The van der Waals surface area contributed by atoms with E-state index in [0.29, 0.717) is 5.95 Å². The summed E-state index contributed by atoms with van der Waals surface area (Å²) in [5.74, 6) is 2.24. The Morgan fingerprint density at radius 3 is 2.59 bits per heavy atom. The van der Waals surface area contributed by atoms with E-state index in [1.807, 2.05) is 67.5 Å². The lowest BCUT2D eigenvalue weighted by atomic mass is 10.2. The van der Waals surface area contributed by atoms with Crippen LogP contribution in [0.15, 0.2) is 48.5 Å². The van der Waals surface area contributed by atoms with E-state index in [0.717, 1.165) is 28.2 Å². The van der Waals surface area contributed by atoms with Gasteiger partial charge in [-0.25, -0.2) is 4.98 Å². The first-order valence-corrected chi connectivity index (χ1v) is 7.02. The first-order chi connectivity index (χ1) is 10.7. The Bertz CT molecular complexity index is 802. The number of ether oxygens (including phenoxy) is 1. The summed E-state index contributed by atoms with van der Waals surface area (Å²) in [6.07, 6.45) is 0. The van der Waals surface area contributed by atoms with Gasteiger partial charge >= 0.3 is 0 Å². The smallest absolute Gasteiger partial charge is 0.229 e. The van der Waals surface area contributed by atoms with Crippen LogP contribution < -0.4 is 15.0 Å². The monoisotopic (exact) mass is 294 g/mol. The van der Waals surface area contributed by atoms with Gasteiger partial charge in [0.05, 0.1) is 12.6 Å². The van der Waals surface area contributed by atoms with Crippen molar-refractivity contribution in [2.24, 2.45) is 0 Å². The number of anilines is 3. The van der Waals surface area contributed by atoms with E-state index in [-0.39, 0.29) is 0 Å². The minimum Gasteiger partial charge on any atom is -0.497 e. The molecule has 0 aliphatic carbocycles. The molecule has 0 atom stereocenters. The predicted molar refractivity (Wildman–Crippen MR) is 90.1 cm³/mol. The predicted octanol–water partition coefficient (Wildman–Crippen LogP) is 3.45. The molecule has 1 heterocycles. The van der Waals surface area contributed by atoms with Gasteiger partial charge in [0.25, 0.3) is 0 Å². The number of para-hydroxylation sites is 1. The van der Waals surface area contributed by atoms with Crippen LogP contribution in [0.5, 0.6) is 5.75 Å². The quantitative estimate of drug-likeness (QED) is 0.798. The molecule has 3 rings (SSSR count). The normalized spacial score (nSPS) is 10.5. The molecule has 0 fully saturated rings. The fourth-order valence-corrected chi connectivity index (χ4v) is 2.29. The molecule has 0 aliphatic heterocycles. The van der Waals surface area contributed by atoms with E-state index in [4.69, 9.17) is 4.74 Å². The number of nitrogens with one attached hydrogen (secondary N) is 1. The van der Waals surface area contributed by atoms with E-state index < -0.39 is 0 Å². The molecule has 0 amide bonds. The highest BCUT2D eigenvalue weighted by Gasteiger charge is 2.09. The average Bonchev–Trinajstić information content (AvgIpc) is 2.54. The zero-order valence-corrected chi connectivity index (χ0v) is 12.9. The number of fused-ring (bicyclic) bond motifs is 1. The van der Waals surface area contributed by atoms with Gasteiger partial charge in [0, 0.05) is 31.2 Å². The molecule has 5 heteroatoms. The Morgan fingerprint density at radius 1 is 1.00 bits per heavy atom. The third-order valence-corrected chi connectivity index (χ3v) is 3.33. The average molecular weight is 294 g/mol. The number of nitrogens with zero attached hydrogens (tertiary/aromatic N) is 3. The number of hydrogen-bond donors (Lipinski definition) is 1. The van der Waals surface area contributed by atoms with E-state index >= 15 is 0 Å². The van der Waals surface area contributed by atoms with Crippen molar-refractivity contribution in [3.8, 4) is 5.75 Å². The molecule has 22 heavy (non-hydrogen) atoms. The second-order valence-electron chi connectivity index (χ2n) is 5.14. The summed E-state index contributed by atoms with van der Waals surface area (Å²) in [5, 5.41) is 4.27. The molecule has 112 valence electrons. The van der Waals surface area contributed by atoms with Crippen LogP contribution in [0.1, 0.15) is 0 Å². The zero-order chi connectivity index (χ0) is 15.5. The molecule has 2 aromatic carbocycles. The Morgan fingerprint density at radius 2 is 1.82 bits per heavy atom. The highest BCUT2D eigenvalue weighted by Crippen LogP contribution is 2.26. The second-order valence-corrected chi connectivity index (χ2v) is 5.14. The van der Waals surface area contributed by atoms with Crippen LogP contribution in [0.25, 0.3) is 10.9 Å². The van der Waals surface area contributed by atoms with Crippen LogP contribution >= 0.6 is 0 Å². The summed E-state index contributed by atoms with van der Waals surface area (Å²) < 4.78 is 5.24. The van der Waals surface area contributed by atoms with Gasteiger partial charge in [-0.15, -0.1) is 0 Å². The molecule has 0 radical (unpaired) electrons. The van der Waals surface area contributed by atoms with E-state index in [1.54, 1.807) is 7.11 Å². The van der Waals surface area contributed by atoms with Crippen molar-refractivity contribution in [2.75, 3.05) is 31.4 Å². The van der Waals surface area contributed by atoms with Gasteiger partial charge < -0.3 is 15.0 Å². The van der Waals surface area contributed by atoms with Crippen molar-refractivity contribution in [3.05, 3.63) is 48.5 Å². The fraction of sp³-hybridized carbons (Fsp3) is 0.176. The molecule has 1 N–H and O–H groups in total. The van der Waals surface area contributed by atoms with Gasteiger partial charge in [0.1, 0.15) is 11.6 Å². The molecule has 0 aliphatic rings. The number of benzene rings is 2. The van der Waals surface area contributed by atoms with Crippen LogP contribution in [0, 0.1) is 0 Å². The number of aromatic nitrogens is 2.